The number of aromatic nitrogens is 1. The summed E-state index contributed by atoms with van der Waals surface area (Å²) in [6.07, 6.45) is 1.62. The zero-order chi connectivity index (χ0) is 20.3. The Morgan fingerprint density at radius 2 is 2.04 bits per heavy atom. The van der Waals surface area contributed by atoms with Gasteiger partial charge < -0.3 is 14.4 Å². The largest absolute Gasteiger partial charge is 0.444 e. The zero-order valence-electron chi connectivity index (χ0n) is 16.8. The van der Waals surface area contributed by atoms with E-state index < -0.39 is 5.60 Å². The molecule has 0 radical (unpaired) electrons. The molecule has 1 fully saturated rings. The van der Waals surface area contributed by atoms with E-state index >= 15 is 0 Å². The molecule has 0 bridgehead atoms. The van der Waals surface area contributed by atoms with Crippen LogP contribution in [0.25, 0.3) is 10.6 Å². The molecule has 1 aliphatic rings. The molecule has 2 aromatic rings. The highest BCUT2D eigenvalue weighted by Gasteiger charge is 2.28. The highest BCUT2D eigenvalue weighted by molar-refractivity contribution is 7.15. The first-order chi connectivity index (χ1) is 13.2. The van der Waals surface area contributed by atoms with E-state index in [2.05, 4.69) is 4.98 Å². The zero-order valence-corrected chi connectivity index (χ0v) is 18.4. The third-order valence-corrected chi connectivity index (χ3v) is 5.90. The van der Waals surface area contributed by atoms with E-state index in [-0.39, 0.29) is 12.2 Å². The van der Waals surface area contributed by atoms with Crippen LogP contribution in [0.3, 0.4) is 0 Å². The average molecular weight is 423 g/mol. The van der Waals surface area contributed by atoms with Gasteiger partial charge >= 0.3 is 6.09 Å². The van der Waals surface area contributed by atoms with Crippen LogP contribution in [-0.4, -0.2) is 40.8 Å². The molecule has 0 N–H and O–H groups in total. The van der Waals surface area contributed by atoms with Crippen LogP contribution in [0.2, 0.25) is 5.02 Å². The lowest BCUT2D eigenvalue weighted by Gasteiger charge is -2.34. The highest BCUT2D eigenvalue weighted by Crippen LogP contribution is 2.30. The Bertz CT molecular complexity index is 814. The van der Waals surface area contributed by atoms with Gasteiger partial charge in [-0.1, -0.05) is 23.7 Å². The summed E-state index contributed by atoms with van der Waals surface area (Å²) in [5.41, 5.74) is 1.55. The molecule has 7 heteroatoms. The summed E-state index contributed by atoms with van der Waals surface area (Å²) in [7, 11) is 0. The summed E-state index contributed by atoms with van der Waals surface area (Å²) in [5.74, 6) is 0. The first-order valence-electron chi connectivity index (χ1n) is 9.53. The summed E-state index contributed by atoms with van der Waals surface area (Å²) < 4.78 is 11.6. The molecular formula is C21H27ClN2O3S. The molecule has 0 aliphatic carbocycles. The van der Waals surface area contributed by atoms with E-state index in [9.17, 15) is 4.79 Å². The predicted octanol–water partition coefficient (Wildman–Crippen LogP) is 5.69. The third kappa shape index (κ3) is 5.69. The lowest BCUT2D eigenvalue weighted by Crippen LogP contribution is -2.45. The van der Waals surface area contributed by atoms with Crippen LogP contribution in [-0.2, 0) is 16.1 Å². The number of hydrogen-bond acceptors (Lipinski definition) is 5. The Hall–Kier alpha value is -1.63. The number of halogens is 1. The number of aryl methyl sites for hydroxylation is 1. The van der Waals surface area contributed by atoms with E-state index in [4.69, 9.17) is 21.1 Å². The second kappa shape index (κ2) is 8.80. The number of amides is 1. The van der Waals surface area contributed by atoms with Gasteiger partial charge in [-0.05, 0) is 52.7 Å². The van der Waals surface area contributed by atoms with Crippen molar-refractivity contribution in [1.82, 2.24) is 9.88 Å². The van der Waals surface area contributed by atoms with Crippen LogP contribution in [0, 0.1) is 6.92 Å². The molecule has 0 spiro atoms. The molecule has 1 aromatic carbocycles. The fourth-order valence-corrected chi connectivity index (χ4v) is 4.15. The first-order valence-corrected chi connectivity index (χ1v) is 10.7. The van der Waals surface area contributed by atoms with Gasteiger partial charge in [-0.15, -0.1) is 11.3 Å². The van der Waals surface area contributed by atoms with Gasteiger partial charge in [-0.25, -0.2) is 9.78 Å². The molecule has 3 rings (SSSR count). The second-order valence-electron chi connectivity index (χ2n) is 8.04. The molecule has 1 aliphatic heterocycles. The molecule has 1 aromatic heterocycles. The molecule has 0 saturated carbocycles. The standard InChI is InChI=1S/C21H27ClN2O3S/c1-14-18(28-19(23-14)15-7-9-16(22)10-8-15)13-26-17-6-5-11-24(12-17)20(25)27-21(2,3)4/h7-10,17H,5-6,11-13H2,1-4H3/t17-/m1/s1. The number of benzene rings is 1. The van der Waals surface area contributed by atoms with Gasteiger partial charge in [-0.2, -0.15) is 0 Å². The fourth-order valence-electron chi connectivity index (χ4n) is 3.04. The van der Waals surface area contributed by atoms with Crippen molar-refractivity contribution in [1.29, 1.82) is 0 Å². The SMILES string of the molecule is Cc1nc(-c2ccc(Cl)cc2)sc1CO[C@@H]1CCCN(C(=O)OC(C)(C)C)C1. The van der Waals surface area contributed by atoms with E-state index in [1.165, 1.54) is 0 Å². The van der Waals surface area contributed by atoms with E-state index in [1.807, 2.05) is 52.0 Å². The number of nitrogens with zero attached hydrogens (tertiary/aromatic N) is 2. The minimum Gasteiger partial charge on any atom is -0.444 e. The van der Waals surface area contributed by atoms with Gasteiger partial charge in [0.2, 0.25) is 0 Å². The fraction of sp³-hybridized carbons (Fsp3) is 0.524. The van der Waals surface area contributed by atoms with Gasteiger partial charge in [0.1, 0.15) is 10.6 Å². The smallest absolute Gasteiger partial charge is 0.410 e. The topological polar surface area (TPSA) is 51.7 Å². The van der Waals surface area contributed by atoms with Crippen molar-refractivity contribution in [3.05, 3.63) is 39.9 Å². The Labute approximate surface area is 175 Å². The molecule has 1 saturated heterocycles. The molecule has 2 heterocycles. The van der Waals surface area contributed by atoms with Crippen molar-refractivity contribution in [2.45, 2.75) is 58.8 Å². The lowest BCUT2D eigenvalue weighted by molar-refractivity contribution is -0.0254. The molecule has 0 unspecified atom stereocenters. The maximum atomic E-state index is 12.3. The summed E-state index contributed by atoms with van der Waals surface area (Å²) >= 11 is 7.60. The van der Waals surface area contributed by atoms with Crippen molar-refractivity contribution in [3.8, 4) is 10.6 Å². The van der Waals surface area contributed by atoms with Gasteiger partial charge in [-0.3, -0.25) is 0 Å². The van der Waals surface area contributed by atoms with E-state index in [1.54, 1.807) is 16.2 Å². The lowest BCUT2D eigenvalue weighted by atomic mass is 10.1. The Morgan fingerprint density at radius 3 is 2.71 bits per heavy atom. The van der Waals surface area contributed by atoms with E-state index in [0.717, 1.165) is 40.5 Å². The molecule has 1 amide bonds. The van der Waals surface area contributed by atoms with Crippen molar-refractivity contribution in [2.75, 3.05) is 13.1 Å². The molecule has 152 valence electrons. The Balaban J connectivity index is 1.58. The summed E-state index contributed by atoms with van der Waals surface area (Å²) in [4.78, 5) is 19.8. The van der Waals surface area contributed by atoms with Crippen LogP contribution in [0.5, 0.6) is 0 Å². The molecule has 5 nitrogen and oxygen atoms in total. The van der Waals surface area contributed by atoms with Gasteiger partial charge in [0.15, 0.2) is 0 Å². The maximum absolute atomic E-state index is 12.3. The predicted molar refractivity (Wildman–Crippen MR) is 113 cm³/mol. The van der Waals surface area contributed by atoms with Crippen LogP contribution in [0.4, 0.5) is 4.79 Å². The number of thiazole rings is 1. The summed E-state index contributed by atoms with van der Waals surface area (Å²) in [5, 5.41) is 1.68. The van der Waals surface area contributed by atoms with Crippen LogP contribution < -0.4 is 0 Å². The molecule has 1 atom stereocenters. The van der Waals surface area contributed by atoms with Crippen LogP contribution in [0.1, 0.15) is 44.2 Å². The van der Waals surface area contributed by atoms with Crippen molar-refractivity contribution in [3.63, 3.8) is 0 Å². The number of piperidine rings is 1. The minimum absolute atomic E-state index is 0.0155. The van der Waals surface area contributed by atoms with Crippen molar-refractivity contribution in [2.24, 2.45) is 0 Å². The molecular weight excluding hydrogens is 396 g/mol. The van der Waals surface area contributed by atoms with Crippen molar-refractivity contribution >= 4 is 29.0 Å². The van der Waals surface area contributed by atoms with Crippen molar-refractivity contribution < 1.29 is 14.3 Å². The number of carbonyl (C=O) groups is 1. The Kier molecular flexibility index (Phi) is 6.63. The van der Waals surface area contributed by atoms with Gasteiger partial charge in [0.25, 0.3) is 0 Å². The normalized spacial score (nSPS) is 17.6. The number of likely N-dealkylation sites (tertiary alicyclic amines) is 1. The number of carbonyl (C=O) groups excluding carboxylic acids is 1. The van der Waals surface area contributed by atoms with E-state index in [0.29, 0.717) is 18.2 Å². The number of hydrogen-bond donors (Lipinski definition) is 0. The number of ether oxygens (including phenoxy) is 2. The second-order valence-corrected chi connectivity index (χ2v) is 9.56. The summed E-state index contributed by atoms with van der Waals surface area (Å²) in [6, 6.07) is 7.70. The number of rotatable bonds is 4. The third-order valence-electron chi connectivity index (χ3n) is 4.46. The minimum atomic E-state index is -0.483. The first kappa shape index (κ1) is 21.1. The molecule has 28 heavy (non-hydrogen) atoms. The maximum Gasteiger partial charge on any atom is 0.410 e. The summed E-state index contributed by atoms with van der Waals surface area (Å²) in [6.45, 7) is 9.44. The van der Waals surface area contributed by atoms with Crippen LogP contribution in [0.15, 0.2) is 24.3 Å². The average Bonchev–Trinajstić information content (AvgIpc) is 3.00. The van der Waals surface area contributed by atoms with Gasteiger partial charge in [0.05, 0.1) is 29.8 Å². The highest BCUT2D eigenvalue weighted by atomic mass is 35.5. The van der Waals surface area contributed by atoms with Crippen LogP contribution >= 0.6 is 22.9 Å². The monoisotopic (exact) mass is 422 g/mol. The quantitative estimate of drug-likeness (QED) is 0.635. The Morgan fingerprint density at radius 1 is 1.32 bits per heavy atom. The van der Waals surface area contributed by atoms with Gasteiger partial charge in [0, 0.05) is 17.1 Å².